The molecule has 1 unspecified atom stereocenters. The Labute approximate surface area is 194 Å². The van der Waals surface area contributed by atoms with Gasteiger partial charge in [0.05, 0.1) is 11.6 Å². The maximum absolute atomic E-state index is 13.4. The maximum atomic E-state index is 13.4. The Morgan fingerprint density at radius 3 is 2.94 bits per heavy atom. The van der Waals surface area contributed by atoms with Crippen LogP contribution in [0.4, 0.5) is 4.39 Å². The average Bonchev–Trinajstić information content (AvgIpc) is 3.40. The number of ether oxygens (including phenoxy) is 1. The van der Waals surface area contributed by atoms with Crippen molar-refractivity contribution in [2.45, 2.75) is 18.9 Å². The number of benzene rings is 2. The molecule has 3 N–H and O–H groups in total. The molecule has 1 atom stereocenters. The summed E-state index contributed by atoms with van der Waals surface area (Å²) in [5.74, 6) is -0.141. The molecule has 0 radical (unpaired) electrons. The first-order valence-electron chi connectivity index (χ1n) is 10.3. The number of hydrogen-bond donors (Lipinski definition) is 3. The minimum Gasteiger partial charge on any atom is -0.493 e. The van der Waals surface area contributed by atoms with E-state index in [1.165, 1.54) is 12.1 Å². The third-order valence-electron chi connectivity index (χ3n) is 5.10. The summed E-state index contributed by atoms with van der Waals surface area (Å²) in [6.07, 6.45) is 1.63. The number of carbonyl (C=O) groups excluding carboxylic acids is 1. The van der Waals surface area contributed by atoms with Crippen molar-refractivity contribution >= 4 is 40.1 Å². The fraction of sp³-hybridized carbons (Fsp3) is 0.318. The van der Waals surface area contributed by atoms with Crippen LogP contribution in [0.3, 0.4) is 0 Å². The van der Waals surface area contributed by atoms with Gasteiger partial charge in [0.15, 0.2) is 5.76 Å². The van der Waals surface area contributed by atoms with E-state index in [-0.39, 0.29) is 22.7 Å². The molecule has 32 heavy (non-hydrogen) atoms. The van der Waals surface area contributed by atoms with E-state index in [2.05, 4.69) is 21.3 Å². The Bertz CT molecular complexity index is 1090. The van der Waals surface area contributed by atoms with Crippen molar-refractivity contribution in [2.75, 3.05) is 26.2 Å². The van der Waals surface area contributed by atoms with Gasteiger partial charge in [-0.25, -0.2) is 14.8 Å². The number of halogens is 3. The number of amides is 1. The van der Waals surface area contributed by atoms with Gasteiger partial charge >= 0.3 is 5.91 Å². The summed E-state index contributed by atoms with van der Waals surface area (Å²) < 4.78 is 24.5. The molecule has 1 aromatic heterocycles. The number of rotatable bonds is 9. The molecule has 1 aliphatic heterocycles. The topological polar surface area (TPSA) is 78.8 Å². The smallest absolute Gasteiger partial charge is 0.301 e. The van der Waals surface area contributed by atoms with Crippen LogP contribution in [0.25, 0.3) is 11.0 Å². The molecule has 1 amide bonds. The lowest BCUT2D eigenvalue weighted by Gasteiger charge is -2.18. The average molecular weight is 481 g/mol. The number of furan rings is 1. The maximum Gasteiger partial charge on any atom is 0.301 e. The number of nitrogens with one attached hydrogen (secondary N) is 3. The first-order valence-corrected chi connectivity index (χ1v) is 11.0. The zero-order valence-electron chi connectivity index (χ0n) is 17.2. The molecule has 7 nitrogen and oxygen atoms in total. The van der Waals surface area contributed by atoms with Crippen molar-refractivity contribution in [3.63, 3.8) is 0 Å². The highest BCUT2D eigenvalue weighted by Gasteiger charge is 2.23. The van der Waals surface area contributed by atoms with Gasteiger partial charge < -0.3 is 9.15 Å². The Morgan fingerprint density at radius 2 is 2.09 bits per heavy atom. The van der Waals surface area contributed by atoms with Gasteiger partial charge in [0.25, 0.3) is 0 Å². The minimum absolute atomic E-state index is 0.0786. The van der Waals surface area contributed by atoms with Crippen LogP contribution in [0, 0.1) is 5.82 Å². The van der Waals surface area contributed by atoms with Gasteiger partial charge in [-0.1, -0.05) is 23.2 Å². The Kier molecular flexibility index (Phi) is 7.49. The molecule has 1 fully saturated rings. The van der Waals surface area contributed by atoms with E-state index < -0.39 is 5.82 Å². The number of hydrazine groups is 2. The molecule has 0 aliphatic carbocycles. The standard InChI is InChI=1S/C22H23Cl2FN4O3/c23-15-2-5-20-14(10-15)11-21(32-20)22(30)28-27-16-6-8-29(13-16)26-7-1-9-31-17-3-4-18(24)19(25)12-17/h2-5,10-12,16,26-27H,1,6-9,13H2,(H,28,30). The summed E-state index contributed by atoms with van der Waals surface area (Å²) in [4.78, 5) is 12.4. The summed E-state index contributed by atoms with van der Waals surface area (Å²) in [5, 5.41) is 3.54. The van der Waals surface area contributed by atoms with E-state index in [1.807, 2.05) is 0 Å². The van der Waals surface area contributed by atoms with Crippen molar-refractivity contribution in [3.05, 3.63) is 64.1 Å². The molecule has 1 aliphatic rings. The number of nitrogens with zero attached hydrogens (tertiary/aromatic N) is 1. The van der Waals surface area contributed by atoms with E-state index >= 15 is 0 Å². The van der Waals surface area contributed by atoms with Crippen LogP contribution in [0.2, 0.25) is 10.0 Å². The molecule has 0 bridgehead atoms. The van der Waals surface area contributed by atoms with Gasteiger partial charge in [-0.15, -0.1) is 0 Å². The third kappa shape index (κ3) is 5.90. The van der Waals surface area contributed by atoms with Crippen molar-refractivity contribution in [2.24, 2.45) is 0 Å². The highest BCUT2D eigenvalue weighted by Crippen LogP contribution is 2.23. The minimum atomic E-state index is -0.491. The second-order valence-corrected chi connectivity index (χ2v) is 8.35. The Hall–Kier alpha value is -2.36. The van der Waals surface area contributed by atoms with E-state index in [4.69, 9.17) is 32.4 Å². The Morgan fingerprint density at radius 1 is 1.22 bits per heavy atom. The highest BCUT2D eigenvalue weighted by atomic mass is 35.5. The Balaban J connectivity index is 1.13. The van der Waals surface area contributed by atoms with E-state index in [0.717, 1.165) is 37.9 Å². The second kappa shape index (κ2) is 10.5. The molecular weight excluding hydrogens is 458 g/mol. The highest BCUT2D eigenvalue weighted by molar-refractivity contribution is 6.31. The van der Waals surface area contributed by atoms with Crippen molar-refractivity contribution in [1.29, 1.82) is 0 Å². The van der Waals surface area contributed by atoms with Crippen LogP contribution in [0.5, 0.6) is 5.75 Å². The summed E-state index contributed by atoms with van der Waals surface area (Å²) in [6, 6.07) is 11.4. The normalized spacial score (nSPS) is 16.5. The summed E-state index contributed by atoms with van der Waals surface area (Å²) in [7, 11) is 0. The SMILES string of the molecule is O=C(NNC1CCN(NCCCOc2ccc(Cl)c(F)c2)C1)c1cc2cc(Cl)ccc2o1. The van der Waals surface area contributed by atoms with Crippen LogP contribution >= 0.6 is 23.2 Å². The van der Waals surface area contributed by atoms with Gasteiger partial charge in [0.1, 0.15) is 17.1 Å². The largest absolute Gasteiger partial charge is 0.493 e. The third-order valence-corrected chi connectivity index (χ3v) is 5.64. The predicted octanol–water partition coefficient (Wildman–Crippen LogP) is 4.16. The van der Waals surface area contributed by atoms with Gasteiger partial charge in [0, 0.05) is 42.2 Å². The van der Waals surface area contributed by atoms with E-state index in [1.54, 1.807) is 30.3 Å². The molecule has 10 heteroatoms. The summed E-state index contributed by atoms with van der Waals surface area (Å²) in [5.41, 5.74) is 9.72. The van der Waals surface area contributed by atoms with Gasteiger partial charge in [0.2, 0.25) is 0 Å². The first kappa shape index (κ1) is 22.8. The predicted molar refractivity (Wildman–Crippen MR) is 121 cm³/mol. The van der Waals surface area contributed by atoms with Crippen LogP contribution in [0.1, 0.15) is 23.4 Å². The number of carbonyl (C=O) groups is 1. The monoisotopic (exact) mass is 480 g/mol. The van der Waals surface area contributed by atoms with Gasteiger partial charge in [-0.3, -0.25) is 15.6 Å². The molecule has 4 rings (SSSR count). The molecule has 170 valence electrons. The molecular formula is C22H23Cl2FN4O3. The fourth-order valence-corrected chi connectivity index (χ4v) is 3.74. The molecule has 2 aromatic carbocycles. The summed E-state index contributed by atoms with van der Waals surface area (Å²) >= 11 is 11.6. The lowest BCUT2D eigenvalue weighted by atomic mass is 10.2. The van der Waals surface area contributed by atoms with Crippen LogP contribution in [-0.4, -0.2) is 43.2 Å². The second-order valence-electron chi connectivity index (χ2n) is 7.51. The van der Waals surface area contributed by atoms with Gasteiger partial charge in [-0.05, 0) is 49.2 Å². The van der Waals surface area contributed by atoms with E-state index in [9.17, 15) is 9.18 Å². The van der Waals surface area contributed by atoms with Crippen LogP contribution in [-0.2, 0) is 0 Å². The van der Waals surface area contributed by atoms with Crippen molar-refractivity contribution in [3.8, 4) is 5.75 Å². The number of fused-ring (bicyclic) bond motifs is 1. The van der Waals surface area contributed by atoms with Crippen LogP contribution in [0.15, 0.2) is 46.9 Å². The van der Waals surface area contributed by atoms with Crippen molar-refractivity contribution < 1.29 is 18.3 Å². The molecule has 0 spiro atoms. The molecule has 0 saturated carbocycles. The van der Waals surface area contributed by atoms with Crippen molar-refractivity contribution in [1.82, 2.24) is 21.3 Å². The van der Waals surface area contributed by atoms with E-state index in [0.29, 0.717) is 23.0 Å². The zero-order valence-corrected chi connectivity index (χ0v) is 18.7. The first-order chi connectivity index (χ1) is 15.5. The lowest BCUT2D eigenvalue weighted by molar-refractivity contribution is 0.0898. The quantitative estimate of drug-likeness (QED) is 0.315. The molecule has 1 saturated heterocycles. The zero-order chi connectivity index (χ0) is 22.5. The molecule has 2 heterocycles. The number of hydrogen-bond acceptors (Lipinski definition) is 6. The van der Waals surface area contributed by atoms with Crippen LogP contribution < -0.4 is 21.0 Å². The van der Waals surface area contributed by atoms with Gasteiger partial charge in [-0.2, -0.15) is 0 Å². The fourth-order valence-electron chi connectivity index (χ4n) is 3.44. The molecule has 3 aromatic rings. The summed E-state index contributed by atoms with van der Waals surface area (Å²) in [6.45, 7) is 2.76. The lowest BCUT2D eigenvalue weighted by Crippen LogP contribution is -2.47.